The van der Waals surface area contributed by atoms with Crippen molar-refractivity contribution in [3.05, 3.63) is 59.7 Å². The lowest BCUT2D eigenvalue weighted by Crippen LogP contribution is -2.47. The molecular weight excluding hydrogens is 318 g/mol. The zero-order valence-corrected chi connectivity index (χ0v) is 14.2. The minimum atomic E-state index is -1.30. The van der Waals surface area contributed by atoms with Crippen LogP contribution in [0.3, 0.4) is 0 Å². The van der Waals surface area contributed by atoms with Crippen molar-refractivity contribution in [1.82, 2.24) is 0 Å². The van der Waals surface area contributed by atoms with E-state index in [2.05, 4.69) is 0 Å². The molecule has 25 heavy (non-hydrogen) atoms. The first kappa shape index (κ1) is 16.1. The van der Waals surface area contributed by atoms with E-state index in [9.17, 15) is 4.79 Å². The Morgan fingerprint density at radius 3 is 2.60 bits per heavy atom. The van der Waals surface area contributed by atoms with Gasteiger partial charge in [-0.1, -0.05) is 36.4 Å². The second-order valence-electron chi connectivity index (χ2n) is 6.12. The Morgan fingerprint density at radius 1 is 1.08 bits per heavy atom. The molecule has 2 aromatic rings. The van der Waals surface area contributed by atoms with Crippen LogP contribution in [0.1, 0.15) is 24.5 Å². The summed E-state index contributed by atoms with van der Waals surface area (Å²) in [6.45, 7) is 3.98. The molecule has 0 radical (unpaired) electrons. The van der Waals surface area contributed by atoms with Gasteiger partial charge in [0.1, 0.15) is 5.75 Å². The molecular formula is C20H21NO4. The topological polar surface area (TPSA) is 48.0 Å². The van der Waals surface area contributed by atoms with Gasteiger partial charge in [0.15, 0.2) is 0 Å². The van der Waals surface area contributed by atoms with Gasteiger partial charge in [-0.2, -0.15) is 0 Å². The summed E-state index contributed by atoms with van der Waals surface area (Å²) in [7, 11) is 0. The number of amides is 1. The number of para-hydroxylation sites is 2. The summed E-state index contributed by atoms with van der Waals surface area (Å²) >= 11 is 0. The highest BCUT2D eigenvalue weighted by atomic mass is 16.7. The number of anilines is 1. The van der Waals surface area contributed by atoms with Gasteiger partial charge < -0.3 is 19.1 Å². The van der Waals surface area contributed by atoms with Gasteiger partial charge in [0, 0.05) is 11.1 Å². The van der Waals surface area contributed by atoms with Crippen molar-refractivity contribution < 1.29 is 19.0 Å². The van der Waals surface area contributed by atoms with Crippen LogP contribution in [0.2, 0.25) is 0 Å². The molecule has 130 valence electrons. The summed E-state index contributed by atoms with van der Waals surface area (Å²) in [5.41, 5.74) is 2.58. The van der Waals surface area contributed by atoms with Gasteiger partial charge in [-0.15, -0.1) is 0 Å². The molecule has 5 heteroatoms. The first-order chi connectivity index (χ1) is 12.3. The molecule has 1 spiro atoms. The Labute approximate surface area is 147 Å². The standard InChI is InChI=1S/C20H21NO4/c1-2-23-18-11-6-3-8-15(18)14-21-17-10-5-4-9-16(17)20(19(21)22)24-12-7-13-25-20/h3-6,8-11H,2,7,12-14H2,1H3. The highest BCUT2D eigenvalue weighted by Gasteiger charge is 2.54. The predicted octanol–water partition coefficient (Wildman–Crippen LogP) is 3.22. The van der Waals surface area contributed by atoms with E-state index >= 15 is 0 Å². The third kappa shape index (κ3) is 2.60. The largest absolute Gasteiger partial charge is 0.494 e. The van der Waals surface area contributed by atoms with Crippen molar-refractivity contribution in [2.24, 2.45) is 0 Å². The first-order valence-corrected chi connectivity index (χ1v) is 8.66. The van der Waals surface area contributed by atoms with Crippen LogP contribution < -0.4 is 9.64 Å². The van der Waals surface area contributed by atoms with Crippen molar-refractivity contribution in [3.8, 4) is 5.75 Å². The quantitative estimate of drug-likeness (QED) is 0.858. The van der Waals surface area contributed by atoms with Gasteiger partial charge in [0.2, 0.25) is 0 Å². The molecule has 1 fully saturated rings. The van der Waals surface area contributed by atoms with E-state index in [1.165, 1.54) is 0 Å². The van der Waals surface area contributed by atoms with Crippen LogP contribution in [0, 0.1) is 0 Å². The zero-order valence-electron chi connectivity index (χ0n) is 14.2. The number of benzene rings is 2. The normalized spacial score (nSPS) is 18.4. The molecule has 0 aromatic heterocycles. The van der Waals surface area contributed by atoms with Crippen LogP contribution >= 0.6 is 0 Å². The van der Waals surface area contributed by atoms with Crippen LogP contribution in [-0.2, 0) is 26.6 Å². The second-order valence-corrected chi connectivity index (χ2v) is 6.12. The molecule has 0 atom stereocenters. The van der Waals surface area contributed by atoms with Gasteiger partial charge >= 0.3 is 0 Å². The average molecular weight is 339 g/mol. The van der Waals surface area contributed by atoms with Crippen molar-refractivity contribution in [2.75, 3.05) is 24.7 Å². The molecule has 0 bridgehead atoms. The lowest BCUT2D eigenvalue weighted by Gasteiger charge is -2.32. The molecule has 2 aromatic carbocycles. The van der Waals surface area contributed by atoms with Crippen LogP contribution in [0.4, 0.5) is 5.69 Å². The smallest absolute Gasteiger partial charge is 0.292 e. The van der Waals surface area contributed by atoms with Crippen molar-refractivity contribution in [3.63, 3.8) is 0 Å². The van der Waals surface area contributed by atoms with E-state index in [0.717, 1.165) is 29.0 Å². The molecule has 2 aliphatic heterocycles. The average Bonchev–Trinajstić information content (AvgIpc) is 2.87. The van der Waals surface area contributed by atoms with Crippen LogP contribution in [0.5, 0.6) is 5.75 Å². The molecule has 5 nitrogen and oxygen atoms in total. The summed E-state index contributed by atoms with van der Waals surface area (Å²) in [4.78, 5) is 15.0. The van der Waals surface area contributed by atoms with Gasteiger partial charge in [0.25, 0.3) is 11.7 Å². The fourth-order valence-corrected chi connectivity index (χ4v) is 3.46. The predicted molar refractivity (Wildman–Crippen MR) is 93.4 cm³/mol. The number of carbonyl (C=O) groups excluding carboxylic acids is 1. The Hall–Kier alpha value is -2.37. The van der Waals surface area contributed by atoms with E-state index in [4.69, 9.17) is 14.2 Å². The molecule has 0 saturated carbocycles. The summed E-state index contributed by atoms with van der Waals surface area (Å²) < 4.78 is 17.4. The second kappa shape index (κ2) is 6.50. The Morgan fingerprint density at radius 2 is 1.80 bits per heavy atom. The van der Waals surface area contributed by atoms with Crippen LogP contribution in [0.15, 0.2) is 48.5 Å². The maximum atomic E-state index is 13.2. The van der Waals surface area contributed by atoms with Crippen LogP contribution in [0.25, 0.3) is 0 Å². The number of nitrogens with zero attached hydrogens (tertiary/aromatic N) is 1. The number of rotatable bonds is 4. The third-order valence-electron chi connectivity index (χ3n) is 4.58. The Bertz CT molecular complexity index is 783. The molecule has 2 aliphatic rings. The number of carbonyl (C=O) groups is 1. The monoisotopic (exact) mass is 339 g/mol. The summed E-state index contributed by atoms with van der Waals surface area (Å²) in [5, 5.41) is 0. The molecule has 0 aliphatic carbocycles. The van der Waals surface area contributed by atoms with Gasteiger partial charge in [0.05, 0.1) is 32.1 Å². The van der Waals surface area contributed by atoms with E-state index < -0.39 is 5.79 Å². The molecule has 2 heterocycles. The summed E-state index contributed by atoms with van der Waals surface area (Å²) in [5.74, 6) is -0.670. The van der Waals surface area contributed by atoms with Gasteiger partial charge in [-0.25, -0.2) is 0 Å². The van der Waals surface area contributed by atoms with Crippen molar-refractivity contribution >= 4 is 11.6 Å². The molecule has 1 saturated heterocycles. The number of hydrogen-bond donors (Lipinski definition) is 0. The van der Waals surface area contributed by atoms with Crippen molar-refractivity contribution in [1.29, 1.82) is 0 Å². The maximum Gasteiger partial charge on any atom is 0.292 e. The van der Waals surface area contributed by atoms with E-state index in [1.54, 1.807) is 4.90 Å². The van der Waals surface area contributed by atoms with E-state index in [-0.39, 0.29) is 5.91 Å². The van der Waals surface area contributed by atoms with E-state index in [1.807, 2.05) is 55.5 Å². The minimum absolute atomic E-state index is 0.167. The Balaban J connectivity index is 1.73. The lowest BCUT2D eigenvalue weighted by molar-refractivity contribution is -0.256. The summed E-state index contributed by atoms with van der Waals surface area (Å²) in [6, 6.07) is 15.5. The Kier molecular flexibility index (Phi) is 4.19. The first-order valence-electron chi connectivity index (χ1n) is 8.66. The van der Waals surface area contributed by atoms with Crippen LogP contribution in [-0.4, -0.2) is 25.7 Å². The molecule has 1 amide bonds. The highest BCUT2D eigenvalue weighted by molar-refractivity contribution is 6.06. The van der Waals surface area contributed by atoms with Crippen molar-refractivity contribution in [2.45, 2.75) is 25.7 Å². The molecule has 0 N–H and O–H groups in total. The SMILES string of the molecule is CCOc1ccccc1CN1C(=O)C2(OCCCO2)c2ccccc21. The lowest BCUT2D eigenvalue weighted by atomic mass is 10.1. The van der Waals surface area contributed by atoms with E-state index in [0.29, 0.717) is 26.4 Å². The highest BCUT2D eigenvalue weighted by Crippen LogP contribution is 2.45. The van der Waals surface area contributed by atoms with Gasteiger partial charge in [-0.05, 0) is 25.5 Å². The fourth-order valence-electron chi connectivity index (χ4n) is 3.46. The maximum absolute atomic E-state index is 13.2. The number of ether oxygens (including phenoxy) is 3. The number of fused-ring (bicyclic) bond motifs is 2. The fraction of sp³-hybridized carbons (Fsp3) is 0.350. The molecule has 4 rings (SSSR count). The molecule has 0 unspecified atom stereocenters. The zero-order chi connectivity index (χ0) is 17.3. The van der Waals surface area contributed by atoms with Gasteiger partial charge in [-0.3, -0.25) is 4.79 Å². The minimum Gasteiger partial charge on any atom is -0.494 e. The number of hydrogen-bond acceptors (Lipinski definition) is 4. The third-order valence-corrected chi connectivity index (χ3v) is 4.58. The summed E-state index contributed by atoms with van der Waals surface area (Å²) in [6.07, 6.45) is 0.796.